The van der Waals surface area contributed by atoms with E-state index in [2.05, 4.69) is 37.0 Å². The van der Waals surface area contributed by atoms with E-state index in [1.807, 2.05) is 38.5 Å². The normalized spacial score (nSPS) is 11.2. The Kier molecular flexibility index (Phi) is 5.00. The maximum absolute atomic E-state index is 6.58. The molecule has 0 atom stereocenters. The quantitative estimate of drug-likeness (QED) is 0.498. The van der Waals surface area contributed by atoms with Gasteiger partial charge in [0.1, 0.15) is 11.5 Å². The summed E-state index contributed by atoms with van der Waals surface area (Å²) in [5.74, 6) is 0.823. The summed E-state index contributed by atoms with van der Waals surface area (Å²) in [6, 6.07) is 10.1. The van der Waals surface area contributed by atoms with E-state index < -0.39 is 0 Å². The van der Waals surface area contributed by atoms with Crippen molar-refractivity contribution in [1.29, 1.82) is 0 Å². The molecule has 0 radical (unpaired) electrons. The van der Waals surface area contributed by atoms with Crippen molar-refractivity contribution in [3.8, 4) is 22.5 Å². The number of hydrogen-bond acceptors (Lipinski definition) is 5. The van der Waals surface area contributed by atoms with Crippen molar-refractivity contribution in [3.63, 3.8) is 0 Å². The first-order valence-electron chi connectivity index (χ1n) is 8.43. The second-order valence-electron chi connectivity index (χ2n) is 6.02. The van der Waals surface area contributed by atoms with Crippen molar-refractivity contribution < 1.29 is 0 Å². The van der Waals surface area contributed by atoms with Crippen LogP contribution in [0.15, 0.2) is 48.1 Å². The molecule has 1 aromatic carbocycles. The van der Waals surface area contributed by atoms with E-state index in [0.29, 0.717) is 5.15 Å². The van der Waals surface area contributed by atoms with E-state index in [1.165, 1.54) is 6.33 Å². The largest absolute Gasteiger partial charge is 0.329 e. The van der Waals surface area contributed by atoms with Gasteiger partial charge >= 0.3 is 0 Å². The lowest BCUT2D eigenvalue weighted by atomic mass is 10.1. The summed E-state index contributed by atoms with van der Waals surface area (Å²) in [5.41, 5.74) is 4.73. The minimum Gasteiger partial charge on any atom is -0.329 e. The summed E-state index contributed by atoms with van der Waals surface area (Å²) in [7, 11) is 1.85. The van der Waals surface area contributed by atoms with Gasteiger partial charge in [-0.2, -0.15) is 10.2 Å². The van der Waals surface area contributed by atoms with Gasteiger partial charge in [-0.25, -0.2) is 9.97 Å². The zero-order chi connectivity index (χ0) is 18.8. The van der Waals surface area contributed by atoms with Crippen molar-refractivity contribution in [1.82, 2.24) is 34.5 Å². The minimum absolute atomic E-state index is 0.606. The van der Waals surface area contributed by atoms with Gasteiger partial charge in [0.25, 0.3) is 0 Å². The summed E-state index contributed by atoms with van der Waals surface area (Å²) >= 11 is 8.20. The van der Waals surface area contributed by atoms with Gasteiger partial charge < -0.3 is 4.57 Å². The number of benzene rings is 1. The summed E-state index contributed by atoms with van der Waals surface area (Å²) in [6.45, 7) is 2.72. The number of hydrogen-bond donors (Lipinski definition) is 1. The molecule has 0 unspecified atom stereocenters. The molecule has 1 N–H and O–H groups in total. The van der Waals surface area contributed by atoms with Crippen LogP contribution in [0.3, 0.4) is 0 Å². The fourth-order valence-corrected chi connectivity index (χ4v) is 4.01. The predicted octanol–water partition coefficient (Wildman–Crippen LogP) is 3.82. The zero-order valence-corrected chi connectivity index (χ0v) is 16.5. The van der Waals surface area contributed by atoms with Crippen LogP contribution in [0, 0.1) is 6.92 Å². The Balaban J connectivity index is 1.74. The smallest absolute Gasteiger partial charge is 0.183 e. The van der Waals surface area contributed by atoms with Crippen LogP contribution in [-0.4, -0.2) is 40.3 Å². The number of aromatic nitrogens is 7. The lowest BCUT2D eigenvalue weighted by molar-refractivity contribution is 0.757. The molecule has 0 fully saturated rings. The Morgan fingerprint density at radius 1 is 1.19 bits per heavy atom. The fourth-order valence-electron chi connectivity index (χ4n) is 3.02. The van der Waals surface area contributed by atoms with Gasteiger partial charge in [0.15, 0.2) is 5.16 Å². The maximum atomic E-state index is 6.58. The standard InChI is InChI=1S/C18H18ClN7S/c1-12-14(17(19)25(2)24-12)16-15(13-6-4-3-5-7-13)21-11-26(16)8-9-27-18-20-10-22-23-18/h3-7,10-11H,8-9H2,1-2H3,(H,20,22,23). The lowest BCUT2D eigenvalue weighted by Gasteiger charge is -2.10. The average molecular weight is 400 g/mol. The van der Waals surface area contributed by atoms with E-state index in [0.717, 1.165) is 45.7 Å². The fraction of sp³-hybridized carbons (Fsp3) is 0.222. The molecule has 3 aromatic heterocycles. The molecule has 9 heteroatoms. The van der Waals surface area contributed by atoms with Gasteiger partial charge in [0.05, 0.1) is 29.0 Å². The van der Waals surface area contributed by atoms with E-state index in [-0.39, 0.29) is 0 Å². The molecule has 0 aliphatic rings. The van der Waals surface area contributed by atoms with Crippen molar-refractivity contribution in [2.24, 2.45) is 7.05 Å². The van der Waals surface area contributed by atoms with Crippen LogP contribution in [-0.2, 0) is 13.6 Å². The summed E-state index contributed by atoms with van der Waals surface area (Å²) < 4.78 is 3.82. The van der Waals surface area contributed by atoms with Crippen LogP contribution in [0.2, 0.25) is 5.15 Å². The number of aromatic amines is 1. The molecular formula is C18H18ClN7S. The molecule has 0 saturated carbocycles. The molecule has 3 heterocycles. The first-order chi connectivity index (χ1) is 13.1. The third-order valence-electron chi connectivity index (χ3n) is 4.24. The molecule has 4 rings (SSSR count). The Bertz CT molecular complexity index is 1040. The molecule has 27 heavy (non-hydrogen) atoms. The third-order valence-corrected chi connectivity index (χ3v) is 5.53. The lowest BCUT2D eigenvalue weighted by Crippen LogP contribution is -2.03. The van der Waals surface area contributed by atoms with Crippen molar-refractivity contribution in [2.75, 3.05) is 5.75 Å². The van der Waals surface area contributed by atoms with Gasteiger partial charge in [0, 0.05) is 24.9 Å². The second kappa shape index (κ2) is 7.58. The van der Waals surface area contributed by atoms with Gasteiger partial charge in [-0.3, -0.25) is 9.78 Å². The second-order valence-corrected chi connectivity index (χ2v) is 7.46. The van der Waals surface area contributed by atoms with Gasteiger partial charge in [-0.15, -0.1) is 0 Å². The highest BCUT2D eigenvalue weighted by atomic mass is 35.5. The van der Waals surface area contributed by atoms with Crippen LogP contribution in [0.25, 0.3) is 22.5 Å². The SMILES string of the molecule is Cc1nn(C)c(Cl)c1-c1c(-c2ccccc2)ncn1CCSc1ncn[nH]1. The van der Waals surface area contributed by atoms with E-state index in [4.69, 9.17) is 16.6 Å². The number of nitrogens with one attached hydrogen (secondary N) is 1. The van der Waals surface area contributed by atoms with Crippen LogP contribution in [0.5, 0.6) is 0 Å². The van der Waals surface area contributed by atoms with Crippen molar-refractivity contribution in [3.05, 3.63) is 53.8 Å². The molecular weight excluding hydrogens is 382 g/mol. The first-order valence-corrected chi connectivity index (χ1v) is 9.79. The Morgan fingerprint density at radius 2 is 2.00 bits per heavy atom. The number of H-pyrrole nitrogens is 1. The highest BCUT2D eigenvalue weighted by Crippen LogP contribution is 2.37. The number of aryl methyl sites for hydroxylation is 3. The first kappa shape index (κ1) is 17.8. The van der Waals surface area contributed by atoms with E-state index >= 15 is 0 Å². The van der Waals surface area contributed by atoms with E-state index in [9.17, 15) is 0 Å². The van der Waals surface area contributed by atoms with Crippen molar-refractivity contribution >= 4 is 23.4 Å². The third kappa shape index (κ3) is 3.50. The molecule has 4 aromatic rings. The molecule has 0 aliphatic heterocycles. The molecule has 0 saturated heterocycles. The number of rotatable bonds is 6. The average Bonchev–Trinajstić information content (AvgIpc) is 3.38. The molecule has 7 nitrogen and oxygen atoms in total. The van der Waals surface area contributed by atoms with Gasteiger partial charge in [-0.05, 0) is 6.92 Å². The monoisotopic (exact) mass is 399 g/mol. The molecule has 0 aliphatic carbocycles. The van der Waals surface area contributed by atoms with Crippen LogP contribution in [0.1, 0.15) is 5.69 Å². The molecule has 0 spiro atoms. The molecule has 0 bridgehead atoms. The van der Waals surface area contributed by atoms with E-state index in [1.54, 1.807) is 16.4 Å². The number of imidazole rings is 1. The number of halogens is 1. The van der Waals surface area contributed by atoms with Gasteiger partial charge in [-0.1, -0.05) is 53.7 Å². The zero-order valence-electron chi connectivity index (χ0n) is 14.9. The number of nitrogens with zero attached hydrogens (tertiary/aromatic N) is 6. The van der Waals surface area contributed by atoms with Crippen LogP contribution < -0.4 is 0 Å². The number of thioether (sulfide) groups is 1. The maximum Gasteiger partial charge on any atom is 0.183 e. The molecule has 138 valence electrons. The predicted molar refractivity (Wildman–Crippen MR) is 107 cm³/mol. The topological polar surface area (TPSA) is 77.2 Å². The Hall–Kier alpha value is -2.58. The highest BCUT2D eigenvalue weighted by Gasteiger charge is 2.22. The van der Waals surface area contributed by atoms with Crippen LogP contribution in [0.4, 0.5) is 0 Å². The molecule has 0 amide bonds. The van der Waals surface area contributed by atoms with Crippen molar-refractivity contribution in [2.45, 2.75) is 18.6 Å². The van der Waals surface area contributed by atoms with Gasteiger partial charge in [0.2, 0.25) is 0 Å². The highest BCUT2D eigenvalue weighted by molar-refractivity contribution is 7.99. The van der Waals surface area contributed by atoms with Crippen LogP contribution >= 0.6 is 23.4 Å². The Labute approximate surface area is 165 Å². The Morgan fingerprint density at radius 3 is 2.67 bits per heavy atom. The summed E-state index contributed by atoms with van der Waals surface area (Å²) in [4.78, 5) is 8.84. The summed E-state index contributed by atoms with van der Waals surface area (Å²) in [6.07, 6.45) is 3.37. The summed E-state index contributed by atoms with van der Waals surface area (Å²) in [5, 5.41) is 12.6. The minimum atomic E-state index is 0.606.